The lowest BCUT2D eigenvalue weighted by atomic mass is 10.1. The van der Waals surface area contributed by atoms with E-state index in [-0.39, 0.29) is 11.3 Å². The number of benzene rings is 2. The Morgan fingerprint density at radius 2 is 2.00 bits per heavy atom. The molecule has 7 nitrogen and oxygen atoms in total. The number of aromatic nitrogens is 3. The smallest absolute Gasteiger partial charge is 0.250 e. The molecule has 0 aliphatic carbocycles. The zero-order valence-electron chi connectivity index (χ0n) is 15.4. The molecule has 1 amide bonds. The van der Waals surface area contributed by atoms with Crippen LogP contribution in [0.3, 0.4) is 0 Å². The van der Waals surface area contributed by atoms with Gasteiger partial charge in [-0.05, 0) is 48.5 Å². The highest BCUT2D eigenvalue weighted by atomic mass is 19.1. The fourth-order valence-corrected chi connectivity index (χ4v) is 2.92. The van der Waals surface area contributed by atoms with Crippen LogP contribution in [0.5, 0.6) is 5.75 Å². The number of carbonyl (C=O) groups excluding carboxylic acids is 1. The molecule has 144 valence electrons. The summed E-state index contributed by atoms with van der Waals surface area (Å²) in [4.78, 5) is 25.0. The summed E-state index contributed by atoms with van der Waals surface area (Å²) in [6.07, 6.45) is 3.30. The number of halogens is 1. The van der Waals surface area contributed by atoms with Crippen LogP contribution in [-0.2, 0) is 0 Å². The topological polar surface area (TPSA) is 103 Å². The van der Waals surface area contributed by atoms with E-state index in [2.05, 4.69) is 20.3 Å². The third-order valence-electron chi connectivity index (χ3n) is 4.32. The number of ether oxygens (including phenoxy) is 1. The Balaban J connectivity index is 1.92. The lowest BCUT2D eigenvalue weighted by molar-refractivity contribution is 0.100. The summed E-state index contributed by atoms with van der Waals surface area (Å²) in [6.45, 7) is 0. The number of nitrogens with zero attached hydrogens (tertiary/aromatic N) is 3. The van der Waals surface area contributed by atoms with Crippen molar-refractivity contribution in [1.82, 2.24) is 15.0 Å². The van der Waals surface area contributed by atoms with Crippen LogP contribution in [0.1, 0.15) is 10.4 Å². The molecule has 3 N–H and O–H groups in total. The summed E-state index contributed by atoms with van der Waals surface area (Å²) in [7, 11) is 1.55. The van der Waals surface area contributed by atoms with E-state index in [4.69, 9.17) is 10.5 Å². The predicted molar refractivity (Wildman–Crippen MR) is 108 cm³/mol. The van der Waals surface area contributed by atoms with Gasteiger partial charge in [0, 0.05) is 23.3 Å². The molecule has 0 spiro atoms. The van der Waals surface area contributed by atoms with E-state index in [0.29, 0.717) is 33.9 Å². The molecule has 29 heavy (non-hydrogen) atoms. The highest BCUT2D eigenvalue weighted by Crippen LogP contribution is 2.31. The van der Waals surface area contributed by atoms with E-state index in [9.17, 15) is 9.18 Å². The maximum absolute atomic E-state index is 13.8. The van der Waals surface area contributed by atoms with Crippen LogP contribution in [0.15, 0.2) is 60.9 Å². The van der Waals surface area contributed by atoms with Gasteiger partial charge >= 0.3 is 0 Å². The third kappa shape index (κ3) is 3.68. The number of pyridine rings is 1. The number of hydrogen-bond acceptors (Lipinski definition) is 6. The van der Waals surface area contributed by atoms with Gasteiger partial charge in [0.25, 0.3) is 5.91 Å². The van der Waals surface area contributed by atoms with Gasteiger partial charge in [0.15, 0.2) is 5.82 Å². The zero-order chi connectivity index (χ0) is 20.4. The Hall–Kier alpha value is -4.07. The minimum absolute atomic E-state index is 0.143. The number of nitrogens with two attached hydrogens (primary N) is 1. The number of primary amides is 1. The highest BCUT2D eigenvalue weighted by Gasteiger charge is 2.15. The fraction of sp³-hybridized carbons (Fsp3) is 0.0476. The molecule has 0 saturated carbocycles. The Kier molecular flexibility index (Phi) is 4.74. The second-order valence-electron chi connectivity index (χ2n) is 6.20. The fourth-order valence-electron chi connectivity index (χ4n) is 2.92. The van der Waals surface area contributed by atoms with Crippen molar-refractivity contribution in [1.29, 1.82) is 0 Å². The first kappa shape index (κ1) is 18.3. The zero-order valence-corrected chi connectivity index (χ0v) is 15.4. The van der Waals surface area contributed by atoms with Crippen LogP contribution >= 0.6 is 0 Å². The molecule has 0 saturated heterocycles. The molecule has 0 radical (unpaired) electrons. The minimum atomic E-state index is -0.684. The average molecular weight is 389 g/mol. The van der Waals surface area contributed by atoms with Gasteiger partial charge in [-0.3, -0.25) is 9.78 Å². The van der Waals surface area contributed by atoms with E-state index in [0.717, 1.165) is 0 Å². The van der Waals surface area contributed by atoms with Crippen LogP contribution < -0.4 is 15.8 Å². The number of methoxy groups -OCH3 is 1. The Morgan fingerprint density at radius 3 is 2.72 bits per heavy atom. The van der Waals surface area contributed by atoms with Crippen LogP contribution in [0.4, 0.5) is 15.9 Å². The Morgan fingerprint density at radius 1 is 1.14 bits per heavy atom. The Labute approximate surface area is 165 Å². The van der Waals surface area contributed by atoms with Crippen LogP contribution in [0.25, 0.3) is 22.3 Å². The highest BCUT2D eigenvalue weighted by molar-refractivity contribution is 6.01. The Bertz CT molecular complexity index is 1210. The second kappa shape index (κ2) is 7.51. The van der Waals surface area contributed by atoms with Crippen molar-refractivity contribution in [2.75, 3.05) is 12.4 Å². The number of hydrogen-bond donors (Lipinski definition) is 2. The molecule has 2 aromatic carbocycles. The van der Waals surface area contributed by atoms with Gasteiger partial charge in [0.05, 0.1) is 23.9 Å². The molecule has 0 unspecified atom stereocenters. The first-order valence-corrected chi connectivity index (χ1v) is 8.68. The number of fused-ring (bicyclic) bond motifs is 1. The summed E-state index contributed by atoms with van der Waals surface area (Å²) in [5, 5.41) is 3.67. The second-order valence-corrected chi connectivity index (χ2v) is 6.20. The molecule has 0 bridgehead atoms. The molecular formula is C21H16FN5O2. The van der Waals surface area contributed by atoms with Gasteiger partial charge in [-0.15, -0.1) is 0 Å². The van der Waals surface area contributed by atoms with Gasteiger partial charge in [0.1, 0.15) is 17.4 Å². The third-order valence-corrected chi connectivity index (χ3v) is 4.32. The van der Waals surface area contributed by atoms with Crippen LogP contribution in [-0.4, -0.2) is 28.0 Å². The van der Waals surface area contributed by atoms with Crippen molar-refractivity contribution in [3.05, 3.63) is 72.3 Å². The maximum Gasteiger partial charge on any atom is 0.250 e. The lowest BCUT2D eigenvalue weighted by Gasteiger charge is -2.14. The van der Waals surface area contributed by atoms with Gasteiger partial charge in [-0.25, -0.2) is 14.4 Å². The van der Waals surface area contributed by atoms with E-state index in [1.165, 1.54) is 18.2 Å². The lowest BCUT2D eigenvalue weighted by Crippen LogP contribution is -2.14. The first-order chi connectivity index (χ1) is 14.0. The van der Waals surface area contributed by atoms with Crippen LogP contribution in [0, 0.1) is 5.82 Å². The molecule has 8 heteroatoms. The standard InChI is InChI=1S/C21H16FN5O2/c1-29-14-5-7-17-16(10-14)21(27-20(25-17)12-3-2-8-24-11-12)26-18-9-13(22)4-6-15(18)19(23)28/h2-11H,1H3,(H2,23,28)(H,25,26,27). The minimum Gasteiger partial charge on any atom is -0.497 e. The van der Waals surface area contributed by atoms with Gasteiger partial charge in [0.2, 0.25) is 0 Å². The summed E-state index contributed by atoms with van der Waals surface area (Å²) in [5.41, 5.74) is 7.13. The molecule has 4 rings (SSSR count). The monoisotopic (exact) mass is 389 g/mol. The normalized spacial score (nSPS) is 10.7. The van der Waals surface area contributed by atoms with Crippen molar-refractivity contribution in [3.63, 3.8) is 0 Å². The number of nitrogens with one attached hydrogen (secondary N) is 1. The van der Waals surface area contributed by atoms with Crippen LogP contribution in [0.2, 0.25) is 0 Å². The van der Waals surface area contributed by atoms with Crippen molar-refractivity contribution in [3.8, 4) is 17.1 Å². The van der Waals surface area contributed by atoms with E-state index < -0.39 is 11.7 Å². The van der Waals surface area contributed by atoms with Gasteiger partial charge < -0.3 is 15.8 Å². The van der Waals surface area contributed by atoms with Crippen molar-refractivity contribution in [2.24, 2.45) is 5.73 Å². The molecule has 4 aromatic rings. The molecule has 0 aliphatic rings. The average Bonchev–Trinajstić information content (AvgIpc) is 2.74. The summed E-state index contributed by atoms with van der Waals surface area (Å²) < 4.78 is 19.1. The molecule has 0 fully saturated rings. The number of anilines is 2. The predicted octanol–water partition coefficient (Wildman–Crippen LogP) is 3.68. The van der Waals surface area contributed by atoms with Gasteiger partial charge in [-0.2, -0.15) is 0 Å². The van der Waals surface area contributed by atoms with E-state index >= 15 is 0 Å². The van der Waals surface area contributed by atoms with Crippen molar-refractivity contribution >= 4 is 28.3 Å². The van der Waals surface area contributed by atoms with Crippen molar-refractivity contribution < 1.29 is 13.9 Å². The number of rotatable bonds is 5. The van der Waals surface area contributed by atoms with E-state index in [1.54, 1.807) is 43.8 Å². The summed E-state index contributed by atoms with van der Waals surface area (Å²) >= 11 is 0. The molecule has 2 heterocycles. The molecular weight excluding hydrogens is 373 g/mol. The number of carbonyl (C=O) groups is 1. The number of amides is 1. The summed E-state index contributed by atoms with van der Waals surface area (Å²) in [6, 6.07) is 12.6. The largest absolute Gasteiger partial charge is 0.497 e. The SMILES string of the molecule is COc1ccc2nc(-c3cccnc3)nc(Nc3cc(F)ccc3C(N)=O)c2c1. The first-order valence-electron chi connectivity index (χ1n) is 8.68. The summed E-state index contributed by atoms with van der Waals surface area (Å²) in [5.74, 6) is 0.209. The van der Waals surface area contributed by atoms with E-state index in [1.807, 2.05) is 6.07 Å². The molecule has 0 atom stereocenters. The maximum atomic E-state index is 13.8. The molecule has 0 aliphatic heterocycles. The van der Waals surface area contributed by atoms with Crippen molar-refractivity contribution in [2.45, 2.75) is 0 Å². The quantitative estimate of drug-likeness (QED) is 0.540. The molecule has 2 aromatic heterocycles. The van der Waals surface area contributed by atoms with Gasteiger partial charge in [-0.1, -0.05) is 0 Å².